The van der Waals surface area contributed by atoms with E-state index in [1.807, 2.05) is 0 Å². The van der Waals surface area contributed by atoms with Crippen LogP contribution in [-0.4, -0.2) is 30.0 Å². The first kappa shape index (κ1) is 20.3. The van der Waals surface area contributed by atoms with Crippen molar-refractivity contribution in [1.82, 2.24) is 0 Å². The average Bonchev–Trinajstić information content (AvgIpc) is 2.63. The van der Waals surface area contributed by atoms with E-state index in [1.165, 1.54) is 19.1 Å². The molecule has 8 nitrogen and oxygen atoms in total. The van der Waals surface area contributed by atoms with E-state index in [2.05, 4.69) is 5.32 Å². The minimum absolute atomic E-state index is 0.00445. The summed E-state index contributed by atoms with van der Waals surface area (Å²) in [6.45, 7) is 1.83. The van der Waals surface area contributed by atoms with Crippen LogP contribution in [0.5, 0.6) is 0 Å². The predicted octanol–water partition coefficient (Wildman–Crippen LogP) is 3.58. The lowest BCUT2D eigenvalue weighted by molar-refractivity contribution is -0.384. The van der Waals surface area contributed by atoms with E-state index < -0.39 is 22.9 Å². The number of benzene rings is 2. The average molecular weight is 393 g/mol. The first-order valence-corrected chi connectivity index (χ1v) is 8.23. The third kappa shape index (κ3) is 5.50. The fourth-order valence-electron chi connectivity index (χ4n) is 2.14. The van der Waals surface area contributed by atoms with E-state index in [1.54, 1.807) is 31.4 Å². The predicted molar refractivity (Wildman–Crippen MR) is 98.8 cm³/mol. The second kappa shape index (κ2) is 9.11. The maximum atomic E-state index is 12.2. The van der Waals surface area contributed by atoms with Gasteiger partial charge in [-0.15, -0.1) is 0 Å². The van der Waals surface area contributed by atoms with Crippen LogP contribution in [0.4, 0.5) is 11.4 Å². The largest absolute Gasteiger partial charge is 0.449 e. The molecule has 0 aliphatic rings. The van der Waals surface area contributed by atoms with Gasteiger partial charge in [0, 0.05) is 19.2 Å². The normalized spacial score (nSPS) is 11.5. The van der Waals surface area contributed by atoms with Crippen molar-refractivity contribution in [3.05, 3.63) is 68.7 Å². The minimum atomic E-state index is -1.09. The SMILES string of the molecule is COCc1ccc(C(=O)O[C@@H](C)C(=O)Nc2ccc([N+](=O)[O-])cc2Cl)cc1. The molecule has 1 atom stereocenters. The molecule has 27 heavy (non-hydrogen) atoms. The summed E-state index contributed by atoms with van der Waals surface area (Å²) in [6, 6.07) is 10.2. The molecular weight excluding hydrogens is 376 g/mol. The van der Waals surface area contributed by atoms with E-state index in [0.717, 1.165) is 11.6 Å². The number of non-ortho nitro benzene ring substituents is 1. The number of anilines is 1. The lowest BCUT2D eigenvalue weighted by Gasteiger charge is -2.14. The molecule has 0 aliphatic heterocycles. The fourth-order valence-corrected chi connectivity index (χ4v) is 2.36. The van der Waals surface area contributed by atoms with Crippen LogP contribution in [0, 0.1) is 10.1 Å². The number of amides is 1. The summed E-state index contributed by atoms with van der Waals surface area (Å²) in [4.78, 5) is 34.4. The molecule has 0 fully saturated rings. The third-order valence-corrected chi connectivity index (χ3v) is 3.89. The Hall–Kier alpha value is -2.97. The summed E-state index contributed by atoms with van der Waals surface area (Å²) in [5.41, 5.74) is 1.17. The number of rotatable bonds is 7. The number of esters is 1. The van der Waals surface area contributed by atoms with Crippen molar-refractivity contribution in [2.45, 2.75) is 19.6 Å². The van der Waals surface area contributed by atoms with E-state index in [0.29, 0.717) is 12.2 Å². The van der Waals surface area contributed by atoms with Gasteiger partial charge in [0.15, 0.2) is 6.10 Å². The van der Waals surface area contributed by atoms with E-state index in [9.17, 15) is 19.7 Å². The first-order chi connectivity index (χ1) is 12.8. The standard InChI is InChI=1S/C18H17ClN2O6/c1-11(27-18(23)13-5-3-12(4-6-13)10-26-2)17(22)20-16-8-7-14(21(24)25)9-15(16)19/h3-9,11H,10H2,1-2H3,(H,20,22)/t11-/m0/s1. The van der Waals surface area contributed by atoms with Crippen molar-refractivity contribution in [1.29, 1.82) is 0 Å². The summed E-state index contributed by atoms with van der Waals surface area (Å²) < 4.78 is 10.1. The molecule has 1 N–H and O–H groups in total. The second-order valence-corrected chi connectivity index (χ2v) is 6.00. The number of nitrogens with zero attached hydrogens (tertiary/aromatic N) is 1. The third-order valence-electron chi connectivity index (χ3n) is 3.58. The molecule has 0 spiro atoms. The number of nitro benzene ring substituents is 1. The van der Waals surface area contributed by atoms with Crippen LogP contribution in [0.3, 0.4) is 0 Å². The molecule has 2 rings (SSSR count). The van der Waals surface area contributed by atoms with Crippen LogP contribution < -0.4 is 5.32 Å². The van der Waals surface area contributed by atoms with Crippen molar-refractivity contribution in [3.63, 3.8) is 0 Å². The van der Waals surface area contributed by atoms with E-state index in [-0.39, 0.29) is 16.4 Å². The van der Waals surface area contributed by atoms with Gasteiger partial charge in [-0.05, 0) is 30.7 Å². The number of carbonyl (C=O) groups is 2. The Balaban J connectivity index is 1.98. The molecule has 0 radical (unpaired) electrons. The van der Waals surface area contributed by atoms with Gasteiger partial charge in [-0.3, -0.25) is 14.9 Å². The van der Waals surface area contributed by atoms with Crippen molar-refractivity contribution >= 4 is 34.9 Å². The van der Waals surface area contributed by atoms with Gasteiger partial charge in [0.25, 0.3) is 11.6 Å². The quantitative estimate of drug-likeness (QED) is 0.438. The highest BCUT2D eigenvalue weighted by molar-refractivity contribution is 6.34. The lowest BCUT2D eigenvalue weighted by Crippen LogP contribution is -2.30. The number of methoxy groups -OCH3 is 1. The first-order valence-electron chi connectivity index (χ1n) is 7.85. The van der Waals surface area contributed by atoms with Gasteiger partial charge in [-0.25, -0.2) is 4.79 Å². The summed E-state index contributed by atoms with van der Waals surface area (Å²) in [7, 11) is 1.57. The van der Waals surface area contributed by atoms with Crippen LogP contribution in [0.2, 0.25) is 5.02 Å². The Morgan fingerprint density at radius 1 is 1.22 bits per heavy atom. The number of ether oxygens (including phenoxy) is 2. The Kier molecular flexibility index (Phi) is 6.86. The monoisotopic (exact) mass is 392 g/mol. The Morgan fingerprint density at radius 3 is 2.44 bits per heavy atom. The number of nitrogens with one attached hydrogen (secondary N) is 1. The van der Waals surface area contributed by atoms with Gasteiger partial charge >= 0.3 is 5.97 Å². The number of carbonyl (C=O) groups excluding carboxylic acids is 2. The molecule has 0 bridgehead atoms. The van der Waals surface area contributed by atoms with Crippen molar-refractivity contribution in [3.8, 4) is 0 Å². The van der Waals surface area contributed by atoms with Crippen molar-refractivity contribution < 1.29 is 24.0 Å². The van der Waals surface area contributed by atoms with Crippen molar-refractivity contribution in [2.24, 2.45) is 0 Å². The summed E-state index contributed by atoms with van der Waals surface area (Å²) in [5, 5.41) is 13.2. The zero-order chi connectivity index (χ0) is 20.0. The van der Waals surface area contributed by atoms with Crippen LogP contribution in [0.15, 0.2) is 42.5 Å². The number of halogens is 1. The van der Waals surface area contributed by atoms with Gasteiger partial charge in [0.05, 0.1) is 27.8 Å². The Labute approximate surface area is 160 Å². The molecule has 1 amide bonds. The van der Waals surface area contributed by atoms with Crippen LogP contribution >= 0.6 is 11.6 Å². The highest BCUT2D eigenvalue weighted by Crippen LogP contribution is 2.26. The molecule has 2 aromatic carbocycles. The smallest absolute Gasteiger partial charge is 0.338 e. The molecule has 0 aliphatic carbocycles. The Bertz CT molecular complexity index is 853. The minimum Gasteiger partial charge on any atom is -0.449 e. The molecule has 0 aromatic heterocycles. The molecule has 142 valence electrons. The van der Waals surface area contributed by atoms with Gasteiger partial charge in [0.2, 0.25) is 0 Å². The fraction of sp³-hybridized carbons (Fsp3) is 0.222. The van der Waals surface area contributed by atoms with Crippen molar-refractivity contribution in [2.75, 3.05) is 12.4 Å². The lowest BCUT2D eigenvalue weighted by atomic mass is 10.1. The molecule has 0 unspecified atom stereocenters. The molecule has 0 heterocycles. The molecular formula is C18H17ClN2O6. The number of hydrogen-bond donors (Lipinski definition) is 1. The maximum absolute atomic E-state index is 12.2. The van der Waals surface area contributed by atoms with Gasteiger partial charge in [-0.1, -0.05) is 23.7 Å². The van der Waals surface area contributed by atoms with E-state index >= 15 is 0 Å². The number of nitro groups is 1. The summed E-state index contributed by atoms with van der Waals surface area (Å²) >= 11 is 5.93. The topological polar surface area (TPSA) is 108 Å². The Morgan fingerprint density at radius 2 is 1.89 bits per heavy atom. The highest BCUT2D eigenvalue weighted by atomic mass is 35.5. The zero-order valence-corrected chi connectivity index (χ0v) is 15.4. The molecule has 0 saturated carbocycles. The zero-order valence-electron chi connectivity index (χ0n) is 14.6. The summed E-state index contributed by atoms with van der Waals surface area (Å²) in [6.07, 6.45) is -1.09. The second-order valence-electron chi connectivity index (χ2n) is 5.59. The molecule has 2 aromatic rings. The van der Waals surface area contributed by atoms with Crippen LogP contribution in [0.1, 0.15) is 22.8 Å². The highest BCUT2D eigenvalue weighted by Gasteiger charge is 2.20. The number of hydrogen-bond acceptors (Lipinski definition) is 6. The van der Waals surface area contributed by atoms with E-state index in [4.69, 9.17) is 21.1 Å². The van der Waals surface area contributed by atoms with Gasteiger partial charge in [0.1, 0.15) is 0 Å². The van der Waals surface area contributed by atoms with Crippen LogP contribution in [-0.2, 0) is 20.9 Å². The van der Waals surface area contributed by atoms with Crippen LogP contribution in [0.25, 0.3) is 0 Å². The van der Waals surface area contributed by atoms with Gasteiger partial charge < -0.3 is 14.8 Å². The molecule has 9 heteroatoms. The molecule has 0 saturated heterocycles. The van der Waals surface area contributed by atoms with Gasteiger partial charge in [-0.2, -0.15) is 0 Å². The maximum Gasteiger partial charge on any atom is 0.338 e. The summed E-state index contributed by atoms with van der Waals surface area (Å²) in [5.74, 6) is -1.27.